The van der Waals surface area contributed by atoms with Crippen molar-refractivity contribution in [3.63, 3.8) is 0 Å². The van der Waals surface area contributed by atoms with Gasteiger partial charge in [-0.15, -0.1) is 0 Å². The molecule has 0 aliphatic rings. The lowest BCUT2D eigenvalue weighted by atomic mass is 10.1. The second kappa shape index (κ2) is 10.6. The van der Waals surface area contributed by atoms with E-state index in [-0.39, 0.29) is 13.2 Å². The van der Waals surface area contributed by atoms with E-state index >= 15 is 0 Å². The van der Waals surface area contributed by atoms with Crippen molar-refractivity contribution in [3.05, 3.63) is 71.9 Å². The van der Waals surface area contributed by atoms with Gasteiger partial charge in [-0.05, 0) is 17.7 Å². The van der Waals surface area contributed by atoms with Gasteiger partial charge in [0.2, 0.25) is 0 Å². The number of hydrogen-bond acceptors (Lipinski definition) is 7. The summed E-state index contributed by atoms with van der Waals surface area (Å²) in [7, 11) is 0. The largest absolute Gasteiger partial charge is 0.487 e. The Kier molecular flexibility index (Phi) is 7.61. The van der Waals surface area contributed by atoms with Gasteiger partial charge in [0.25, 0.3) is 5.89 Å². The van der Waals surface area contributed by atoms with Crippen LogP contribution in [0.2, 0.25) is 0 Å². The van der Waals surface area contributed by atoms with Crippen LogP contribution in [0.4, 0.5) is 0 Å². The van der Waals surface area contributed by atoms with Crippen LogP contribution in [0.25, 0.3) is 0 Å². The molecule has 1 heterocycles. The Hall–Kier alpha value is -2.90. The van der Waals surface area contributed by atoms with Crippen LogP contribution in [0, 0.1) is 0 Å². The van der Waals surface area contributed by atoms with Gasteiger partial charge in [0, 0.05) is 19.0 Å². The van der Waals surface area contributed by atoms with E-state index in [4.69, 9.17) is 14.0 Å². The van der Waals surface area contributed by atoms with Gasteiger partial charge in [-0.3, -0.25) is 0 Å². The van der Waals surface area contributed by atoms with Crippen molar-refractivity contribution < 1.29 is 19.1 Å². The van der Waals surface area contributed by atoms with Gasteiger partial charge in [0.1, 0.15) is 12.7 Å². The predicted molar refractivity (Wildman–Crippen MR) is 109 cm³/mol. The number of aliphatic hydroxyl groups excluding tert-OH is 1. The van der Waals surface area contributed by atoms with Crippen molar-refractivity contribution in [1.29, 1.82) is 0 Å². The molecule has 3 rings (SSSR count). The van der Waals surface area contributed by atoms with Crippen molar-refractivity contribution >= 4 is 0 Å². The Morgan fingerprint density at radius 3 is 2.41 bits per heavy atom. The highest BCUT2D eigenvalue weighted by atomic mass is 16.5. The highest BCUT2D eigenvalue weighted by Gasteiger charge is 2.12. The zero-order valence-corrected chi connectivity index (χ0v) is 16.7. The van der Waals surface area contributed by atoms with Gasteiger partial charge >= 0.3 is 0 Å². The standard InChI is InChI=1S/C22H27N3O4/c1-16(2)23-13-18(26)14-27-19-10-6-7-11-20(19)28-15-22-24-21(25-29-22)12-17-8-4-3-5-9-17/h3-11,16,18,23,26H,12-15H2,1-2H3. The first kappa shape index (κ1) is 20.8. The summed E-state index contributed by atoms with van der Waals surface area (Å²) in [6, 6.07) is 17.6. The number of para-hydroxylation sites is 2. The van der Waals surface area contributed by atoms with E-state index in [1.165, 1.54) is 0 Å². The maximum atomic E-state index is 10.0. The van der Waals surface area contributed by atoms with Crippen molar-refractivity contribution in [2.45, 2.75) is 39.0 Å². The third kappa shape index (κ3) is 6.89. The molecule has 0 saturated heterocycles. The van der Waals surface area contributed by atoms with Gasteiger partial charge in [0.05, 0.1) is 0 Å². The Bertz CT molecular complexity index is 867. The molecular weight excluding hydrogens is 370 g/mol. The van der Waals surface area contributed by atoms with Crippen molar-refractivity contribution in [3.8, 4) is 11.5 Å². The molecule has 0 saturated carbocycles. The topological polar surface area (TPSA) is 89.6 Å². The lowest BCUT2D eigenvalue weighted by Crippen LogP contribution is -2.35. The van der Waals surface area contributed by atoms with E-state index in [9.17, 15) is 5.11 Å². The Morgan fingerprint density at radius 1 is 1.00 bits per heavy atom. The molecule has 0 spiro atoms. The first-order chi connectivity index (χ1) is 14.1. The van der Waals surface area contributed by atoms with Gasteiger partial charge in [0.15, 0.2) is 23.9 Å². The van der Waals surface area contributed by atoms with Crippen LogP contribution in [0.3, 0.4) is 0 Å². The lowest BCUT2D eigenvalue weighted by molar-refractivity contribution is 0.101. The molecule has 2 N–H and O–H groups in total. The predicted octanol–water partition coefficient (Wildman–Crippen LogP) is 2.98. The van der Waals surface area contributed by atoms with Crippen molar-refractivity contribution in [2.75, 3.05) is 13.2 Å². The maximum absolute atomic E-state index is 10.0. The summed E-state index contributed by atoms with van der Waals surface area (Å²) in [6.45, 7) is 4.83. The van der Waals surface area contributed by atoms with Crippen molar-refractivity contribution in [1.82, 2.24) is 15.5 Å². The summed E-state index contributed by atoms with van der Waals surface area (Å²) < 4.78 is 16.8. The van der Waals surface area contributed by atoms with Gasteiger partial charge < -0.3 is 24.4 Å². The molecule has 0 aliphatic carbocycles. The van der Waals surface area contributed by atoms with Gasteiger partial charge in [-0.2, -0.15) is 4.98 Å². The fraction of sp³-hybridized carbons (Fsp3) is 0.364. The third-order valence-corrected chi connectivity index (χ3v) is 4.11. The fourth-order valence-electron chi connectivity index (χ4n) is 2.64. The molecule has 7 nitrogen and oxygen atoms in total. The molecule has 0 fully saturated rings. The zero-order valence-electron chi connectivity index (χ0n) is 16.7. The lowest BCUT2D eigenvalue weighted by Gasteiger charge is -2.16. The number of rotatable bonds is 11. The number of hydrogen-bond donors (Lipinski definition) is 2. The van der Waals surface area contributed by atoms with Crippen molar-refractivity contribution in [2.24, 2.45) is 0 Å². The normalized spacial score (nSPS) is 12.1. The fourth-order valence-corrected chi connectivity index (χ4v) is 2.64. The molecule has 154 valence electrons. The molecule has 3 aromatic rings. The minimum atomic E-state index is -0.609. The summed E-state index contributed by atoms with van der Waals surface area (Å²) in [5.41, 5.74) is 1.12. The molecule has 1 aromatic heterocycles. The molecule has 2 aromatic carbocycles. The Balaban J connectivity index is 1.52. The SMILES string of the molecule is CC(C)NCC(O)COc1ccccc1OCc1nc(Cc2ccccc2)no1. The van der Waals surface area contributed by atoms with E-state index in [1.54, 1.807) is 12.1 Å². The van der Waals surface area contributed by atoms with Crippen LogP contribution < -0.4 is 14.8 Å². The average molecular weight is 397 g/mol. The number of aliphatic hydroxyl groups is 1. The molecule has 7 heteroatoms. The molecule has 0 amide bonds. The van der Waals surface area contributed by atoms with Crippen LogP contribution in [0.1, 0.15) is 31.1 Å². The summed E-state index contributed by atoms with van der Waals surface area (Å²) in [5, 5.41) is 17.2. The monoisotopic (exact) mass is 397 g/mol. The summed E-state index contributed by atoms with van der Waals surface area (Å²) >= 11 is 0. The van der Waals surface area contributed by atoms with Crippen LogP contribution >= 0.6 is 0 Å². The Morgan fingerprint density at radius 2 is 1.69 bits per heavy atom. The second-order valence-electron chi connectivity index (χ2n) is 7.03. The Labute approximate surface area is 170 Å². The molecule has 0 aliphatic heterocycles. The third-order valence-electron chi connectivity index (χ3n) is 4.11. The van der Waals surface area contributed by atoms with E-state index in [1.807, 2.05) is 56.3 Å². The van der Waals surface area contributed by atoms with Crippen LogP contribution in [-0.2, 0) is 13.0 Å². The number of aromatic nitrogens is 2. The molecule has 0 bridgehead atoms. The highest BCUT2D eigenvalue weighted by Crippen LogP contribution is 2.27. The van der Waals surface area contributed by atoms with E-state index < -0.39 is 6.10 Å². The zero-order chi connectivity index (χ0) is 20.5. The van der Waals surface area contributed by atoms with Crippen LogP contribution in [0.15, 0.2) is 59.1 Å². The molecule has 1 unspecified atom stereocenters. The number of nitrogens with one attached hydrogen (secondary N) is 1. The van der Waals surface area contributed by atoms with Crippen LogP contribution in [-0.4, -0.2) is 40.5 Å². The minimum Gasteiger partial charge on any atom is -0.487 e. The smallest absolute Gasteiger partial charge is 0.264 e. The summed E-state index contributed by atoms with van der Waals surface area (Å²) in [6.07, 6.45) is -0.00580. The van der Waals surface area contributed by atoms with Crippen LogP contribution in [0.5, 0.6) is 11.5 Å². The van der Waals surface area contributed by atoms with E-state index in [0.717, 1.165) is 5.56 Å². The first-order valence-corrected chi connectivity index (χ1v) is 9.71. The van der Waals surface area contributed by atoms with E-state index in [2.05, 4.69) is 15.5 Å². The number of nitrogens with zero attached hydrogens (tertiary/aromatic N) is 2. The second-order valence-corrected chi connectivity index (χ2v) is 7.03. The highest BCUT2D eigenvalue weighted by molar-refractivity contribution is 5.39. The molecular formula is C22H27N3O4. The quantitative estimate of drug-likeness (QED) is 0.514. The molecule has 1 atom stereocenters. The summed E-state index contributed by atoms with van der Waals surface area (Å²) in [4.78, 5) is 4.37. The van der Waals surface area contributed by atoms with Gasteiger partial charge in [-0.1, -0.05) is 61.5 Å². The molecule has 29 heavy (non-hydrogen) atoms. The molecule has 0 radical (unpaired) electrons. The summed E-state index contributed by atoms with van der Waals surface area (Å²) in [5.74, 6) is 2.12. The number of benzene rings is 2. The maximum Gasteiger partial charge on any atom is 0.264 e. The minimum absolute atomic E-state index is 0.139. The van der Waals surface area contributed by atoms with Gasteiger partial charge in [-0.25, -0.2) is 0 Å². The average Bonchev–Trinajstić information content (AvgIpc) is 3.17. The number of ether oxygens (including phenoxy) is 2. The van der Waals surface area contributed by atoms with E-state index in [0.29, 0.717) is 42.2 Å². The first-order valence-electron chi connectivity index (χ1n) is 9.71.